The topological polar surface area (TPSA) is 46.5 Å². The van der Waals surface area contributed by atoms with Crippen LogP contribution in [0.3, 0.4) is 0 Å². The molecule has 0 aliphatic heterocycles. The maximum absolute atomic E-state index is 10.4. The van der Waals surface area contributed by atoms with E-state index in [2.05, 4.69) is 4.74 Å². The van der Waals surface area contributed by atoms with Gasteiger partial charge in [-0.15, -0.1) is 0 Å². The third kappa shape index (κ3) is 4.29. The van der Waals surface area contributed by atoms with Gasteiger partial charge in [0.2, 0.25) is 0 Å². The van der Waals surface area contributed by atoms with Crippen LogP contribution >= 0.6 is 12.0 Å². The Morgan fingerprint density at radius 1 is 1.89 bits per heavy atom. The molecule has 0 aromatic carbocycles. The first kappa shape index (κ1) is 8.78. The van der Waals surface area contributed by atoms with Crippen LogP contribution in [0.1, 0.15) is 13.3 Å². The Morgan fingerprint density at radius 3 is 2.78 bits per heavy atom. The van der Waals surface area contributed by atoms with Crippen molar-refractivity contribution in [2.75, 3.05) is 7.11 Å². The van der Waals surface area contributed by atoms with E-state index in [-0.39, 0.29) is 17.6 Å². The molecule has 0 saturated heterocycles. The lowest BCUT2D eigenvalue weighted by Gasteiger charge is -2.02. The van der Waals surface area contributed by atoms with E-state index >= 15 is 0 Å². The smallest absolute Gasteiger partial charge is 0.306 e. The third-order valence-electron chi connectivity index (χ3n) is 0.862. The predicted molar refractivity (Wildman–Crippen MR) is 36.3 cm³/mol. The van der Waals surface area contributed by atoms with E-state index in [0.717, 1.165) is 0 Å². The fourth-order valence-electron chi connectivity index (χ4n) is 0.355. The molecule has 0 aromatic rings. The van der Waals surface area contributed by atoms with E-state index < -0.39 is 0 Å². The SMILES string of the molecule is COC(=O)CC(C)SO. The summed E-state index contributed by atoms with van der Waals surface area (Å²) in [5, 5.41) is -0.0718. The number of carbonyl (C=O) groups excluding carboxylic acids is 1. The van der Waals surface area contributed by atoms with Gasteiger partial charge in [-0.25, -0.2) is 0 Å². The minimum absolute atomic E-state index is 0.0718. The van der Waals surface area contributed by atoms with Crippen molar-refractivity contribution in [3.63, 3.8) is 0 Å². The lowest BCUT2D eigenvalue weighted by atomic mass is 10.3. The molecule has 0 fully saturated rings. The minimum atomic E-state index is -0.288. The van der Waals surface area contributed by atoms with Gasteiger partial charge in [0, 0.05) is 5.25 Å². The van der Waals surface area contributed by atoms with Gasteiger partial charge in [0.25, 0.3) is 0 Å². The number of hydrogen-bond donors (Lipinski definition) is 1. The number of carbonyl (C=O) groups is 1. The zero-order valence-corrected chi connectivity index (χ0v) is 6.27. The molecular formula is C5H10O3S. The van der Waals surface area contributed by atoms with Gasteiger partial charge < -0.3 is 9.29 Å². The van der Waals surface area contributed by atoms with Crippen LogP contribution in [0.2, 0.25) is 0 Å². The third-order valence-corrected chi connectivity index (χ3v) is 1.39. The summed E-state index contributed by atoms with van der Waals surface area (Å²) in [6, 6.07) is 0. The number of esters is 1. The van der Waals surface area contributed by atoms with Crippen LogP contribution in [0.4, 0.5) is 0 Å². The summed E-state index contributed by atoms with van der Waals surface area (Å²) in [5.41, 5.74) is 0. The number of hydrogen-bond acceptors (Lipinski definition) is 4. The standard InChI is InChI=1S/C5H10O3S/c1-4(9-7)3-5(6)8-2/h4,7H,3H2,1-2H3. The van der Waals surface area contributed by atoms with E-state index in [4.69, 9.17) is 4.55 Å². The normalized spacial score (nSPS) is 12.8. The summed E-state index contributed by atoms with van der Waals surface area (Å²) >= 11 is 0.668. The van der Waals surface area contributed by atoms with Crippen LogP contribution < -0.4 is 0 Å². The van der Waals surface area contributed by atoms with Crippen molar-refractivity contribution in [1.29, 1.82) is 0 Å². The fraction of sp³-hybridized carbons (Fsp3) is 0.800. The summed E-state index contributed by atoms with van der Waals surface area (Å²) in [6.07, 6.45) is 0.262. The van der Waals surface area contributed by atoms with Crippen molar-refractivity contribution in [3.8, 4) is 0 Å². The quantitative estimate of drug-likeness (QED) is 0.484. The molecule has 4 heteroatoms. The van der Waals surface area contributed by atoms with E-state index in [1.807, 2.05) is 0 Å². The van der Waals surface area contributed by atoms with Crippen LogP contribution in [0, 0.1) is 0 Å². The molecule has 0 aliphatic rings. The summed E-state index contributed by atoms with van der Waals surface area (Å²) in [4.78, 5) is 10.4. The predicted octanol–water partition coefficient (Wildman–Crippen LogP) is 1.14. The Morgan fingerprint density at radius 2 is 2.44 bits per heavy atom. The van der Waals surface area contributed by atoms with E-state index in [1.165, 1.54) is 7.11 Å². The Kier molecular flexibility index (Phi) is 4.53. The number of methoxy groups -OCH3 is 1. The highest BCUT2D eigenvalue weighted by molar-refractivity contribution is 7.94. The Labute approximate surface area is 58.6 Å². The van der Waals surface area contributed by atoms with Crippen molar-refractivity contribution in [3.05, 3.63) is 0 Å². The van der Waals surface area contributed by atoms with Gasteiger partial charge in [-0.2, -0.15) is 0 Å². The van der Waals surface area contributed by atoms with Gasteiger partial charge in [-0.05, 0) is 12.0 Å². The zero-order valence-electron chi connectivity index (χ0n) is 5.46. The number of ether oxygens (including phenoxy) is 1. The van der Waals surface area contributed by atoms with Gasteiger partial charge in [0.05, 0.1) is 13.5 Å². The lowest BCUT2D eigenvalue weighted by Crippen LogP contribution is -2.07. The summed E-state index contributed by atoms with van der Waals surface area (Å²) in [5.74, 6) is -0.288. The first-order chi connectivity index (χ1) is 4.20. The summed E-state index contributed by atoms with van der Waals surface area (Å²) in [6.45, 7) is 1.75. The molecule has 1 N–H and O–H groups in total. The molecule has 3 nitrogen and oxygen atoms in total. The van der Waals surface area contributed by atoms with E-state index in [1.54, 1.807) is 6.92 Å². The lowest BCUT2D eigenvalue weighted by molar-refractivity contribution is -0.140. The highest BCUT2D eigenvalue weighted by Gasteiger charge is 2.07. The maximum atomic E-state index is 10.4. The second-order valence-corrected chi connectivity index (χ2v) is 2.71. The molecule has 0 aromatic heterocycles. The van der Waals surface area contributed by atoms with Crippen molar-refractivity contribution in [1.82, 2.24) is 0 Å². The van der Waals surface area contributed by atoms with Crippen LogP contribution in [-0.4, -0.2) is 22.9 Å². The molecule has 1 unspecified atom stereocenters. The monoisotopic (exact) mass is 150 g/mol. The molecule has 54 valence electrons. The molecule has 0 radical (unpaired) electrons. The first-order valence-corrected chi connectivity index (χ1v) is 3.41. The zero-order chi connectivity index (χ0) is 7.28. The van der Waals surface area contributed by atoms with Gasteiger partial charge >= 0.3 is 5.97 Å². The van der Waals surface area contributed by atoms with Crippen LogP contribution in [0.5, 0.6) is 0 Å². The molecule has 1 atom stereocenters. The van der Waals surface area contributed by atoms with Gasteiger partial charge in [-0.3, -0.25) is 4.79 Å². The van der Waals surface area contributed by atoms with Crippen molar-refractivity contribution < 1.29 is 14.1 Å². The van der Waals surface area contributed by atoms with Crippen LogP contribution in [0.25, 0.3) is 0 Å². The molecular weight excluding hydrogens is 140 g/mol. The van der Waals surface area contributed by atoms with Gasteiger partial charge in [0.15, 0.2) is 0 Å². The van der Waals surface area contributed by atoms with Crippen LogP contribution in [-0.2, 0) is 9.53 Å². The summed E-state index contributed by atoms with van der Waals surface area (Å²) in [7, 11) is 1.33. The van der Waals surface area contributed by atoms with E-state index in [9.17, 15) is 4.79 Å². The van der Waals surface area contributed by atoms with Crippen molar-refractivity contribution in [2.24, 2.45) is 0 Å². The second kappa shape index (κ2) is 4.64. The Bertz CT molecular complexity index is 94.2. The summed E-state index contributed by atoms with van der Waals surface area (Å²) < 4.78 is 12.7. The Balaban J connectivity index is 3.34. The first-order valence-electron chi connectivity index (χ1n) is 2.57. The maximum Gasteiger partial charge on any atom is 0.306 e. The minimum Gasteiger partial charge on any atom is -0.469 e. The highest BCUT2D eigenvalue weighted by Crippen LogP contribution is 2.08. The van der Waals surface area contributed by atoms with Crippen LogP contribution in [0.15, 0.2) is 0 Å². The van der Waals surface area contributed by atoms with Crippen molar-refractivity contribution >= 4 is 18.0 Å². The molecule has 0 bridgehead atoms. The average Bonchev–Trinajstić information content (AvgIpc) is 1.87. The second-order valence-electron chi connectivity index (χ2n) is 1.70. The Hall–Kier alpha value is -0.220. The molecule has 0 amide bonds. The van der Waals surface area contributed by atoms with Crippen molar-refractivity contribution in [2.45, 2.75) is 18.6 Å². The largest absolute Gasteiger partial charge is 0.469 e. The van der Waals surface area contributed by atoms with Gasteiger partial charge in [0.1, 0.15) is 0 Å². The molecule has 0 heterocycles. The molecule has 9 heavy (non-hydrogen) atoms. The van der Waals surface area contributed by atoms with Gasteiger partial charge in [-0.1, -0.05) is 6.92 Å². The highest BCUT2D eigenvalue weighted by atomic mass is 32.2. The fourth-order valence-corrected chi connectivity index (χ4v) is 0.566. The average molecular weight is 150 g/mol. The number of rotatable bonds is 3. The van der Waals surface area contributed by atoms with E-state index in [0.29, 0.717) is 12.0 Å². The molecule has 0 aliphatic carbocycles. The molecule has 0 spiro atoms. The molecule has 0 saturated carbocycles. The molecule has 0 rings (SSSR count).